The van der Waals surface area contributed by atoms with Crippen molar-refractivity contribution in [3.63, 3.8) is 0 Å². The summed E-state index contributed by atoms with van der Waals surface area (Å²) in [5.41, 5.74) is 2.55. The zero-order chi connectivity index (χ0) is 34.8. The predicted octanol–water partition coefficient (Wildman–Crippen LogP) is 8.89. The Morgan fingerprint density at radius 1 is 0.714 bits per heavy atom. The lowest BCUT2D eigenvalue weighted by Gasteiger charge is -2.18. The third kappa shape index (κ3) is 9.45. The first kappa shape index (κ1) is 35.1. The predicted molar refractivity (Wildman–Crippen MR) is 197 cm³/mol. The van der Waals surface area contributed by atoms with E-state index in [1.165, 1.54) is 32.1 Å². The van der Waals surface area contributed by atoms with Gasteiger partial charge in [0.2, 0.25) is 5.91 Å². The molecule has 1 atom stereocenters. The lowest BCUT2D eigenvalue weighted by atomic mass is 10.1. The second kappa shape index (κ2) is 16.7. The molecule has 0 radical (unpaired) electrons. The van der Waals surface area contributed by atoms with Gasteiger partial charge in [0.25, 0.3) is 11.8 Å². The smallest absolute Gasteiger partial charge is 0.272 e. The van der Waals surface area contributed by atoms with Crippen molar-refractivity contribution in [1.82, 2.24) is 5.32 Å². The van der Waals surface area contributed by atoms with Gasteiger partial charge in [0, 0.05) is 37.4 Å². The molecule has 5 rings (SSSR count). The zero-order valence-electron chi connectivity index (χ0n) is 26.4. The highest BCUT2D eigenvalue weighted by Gasteiger charge is 2.23. The first-order chi connectivity index (χ1) is 23.7. The van der Waals surface area contributed by atoms with E-state index in [0.717, 1.165) is 5.56 Å². The molecule has 248 valence electrons. The number of nitrogens with one attached hydrogen (secondary N) is 3. The number of rotatable bonds is 12. The topological polar surface area (TPSA) is 106 Å². The van der Waals surface area contributed by atoms with Gasteiger partial charge in [-0.1, -0.05) is 89.9 Å². The quantitative estimate of drug-likeness (QED) is 0.0882. The normalized spacial score (nSPS) is 11.6. The van der Waals surface area contributed by atoms with Gasteiger partial charge < -0.3 is 25.4 Å². The second-order valence-electron chi connectivity index (χ2n) is 10.5. The summed E-state index contributed by atoms with van der Waals surface area (Å²) in [6.07, 6.45) is 1.52. The highest BCUT2D eigenvalue weighted by Crippen LogP contribution is 2.38. The van der Waals surface area contributed by atoms with Crippen molar-refractivity contribution >= 4 is 70.1 Å². The summed E-state index contributed by atoms with van der Waals surface area (Å²) in [4.78, 5) is 41.3. The summed E-state index contributed by atoms with van der Waals surface area (Å²) >= 11 is 13.6. The van der Waals surface area contributed by atoms with Gasteiger partial charge in [0.15, 0.2) is 11.5 Å². The van der Waals surface area contributed by atoms with Crippen LogP contribution in [-0.4, -0.2) is 31.9 Å². The number of methoxy groups -OCH3 is 2. The van der Waals surface area contributed by atoms with Gasteiger partial charge in [-0.2, -0.15) is 0 Å². The Labute approximate surface area is 298 Å². The number of carbonyl (C=O) groups is 3. The van der Waals surface area contributed by atoms with E-state index in [1.807, 2.05) is 36.4 Å². The average Bonchev–Trinajstić information content (AvgIpc) is 3.10. The van der Waals surface area contributed by atoms with Crippen molar-refractivity contribution in [3.05, 3.63) is 154 Å². The molecule has 0 bridgehead atoms. The first-order valence-electron chi connectivity index (χ1n) is 14.9. The molecular formula is C38H31Cl2N3O5S. The van der Waals surface area contributed by atoms with Crippen molar-refractivity contribution < 1.29 is 23.9 Å². The van der Waals surface area contributed by atoms with Gasteiger partial charge in [0.1, 0.15) is 10.9 Å². The summed E-state index contributed by atoms with van der Waals surface area (Å²) in [6.45, 7) is 0. The maximum absolute atomic E-state index is 13.8. The lowest BCUT2D eigenvalue weighted by molar-refractivity contribution is -0.116. The molecule has 0 saturated heterocycles. The van der Waals surface area contributed by atoms with E-state index >= 15 is 0 Å². The van der Waals surface area contributed by atoms with Crippen molar-refractivity contribution in [1.29, 1.82) is 0 Å². The molecule has 3 N–H and O–H groups in total. The Morgan fingerprint density at radius 2 is 1.39 bits per heavy atom. The first-order valence-corrected chi connectivity index (χ1v) is 16.6. The van der Waals surface area contributed by atoms with Gasteiger partial charge in [-0.3, -0.25) is 14.4 Å². The van der Waals surface area contributed by atoms with E-state index in [2.05, 4.69) is 16.0 Å². The van der Waals surface area contributed by atoms with Crippen LogP contribution in [0.3, 0.4) is 0 Å². The summed E-state index contributed by atoms with van der Waals surface area (Å²) in [5.74, 6) is -0.471. The molecule has 5 aromatic carbocycles. The van der Waals surface area contributed by atoms with Crippen LogP contribution in [-0.2, 0) is 9.59 Å². The highest BCUT2D eigenvalue weighted by molar-refractivity contribution is 8.00. The molecule has 0 heterocycles. The van der Waals surface area contributed by atoms with E-state index < -0.39 is 17.1 Å². The zero-order valence-corrected chi connectivity index (χ0v) is 28.7. The standard InChI is InChI=1S/C38H31Cl2N3O5S/c1-47-33-18-9-15-26(34(33)48-2)19-32(43-36(44)25-13-7-4-8-14-25)37(45)41-29-16-10-17-31(23-29)49-35(24-11-5-3-6-12-24)38(46)42-30-21-27(39)20-28(40)22-30/h3-23,35H,1-2H3,(H,41,45)(H,42,46)(H,43,44)/b32-19+. The van der Waals surface area contributed by atoms with Crippen molar-refractivity contribution in [3.8, 4) is 11.5 Å². The molecular weight excluding hydrogens is 681 g/mol. The number of thioether (sulfide) groups is 1. The number of hydrogen-bond donors (Lipinski definition) is 3. The highest BCUT2D eigenvalue weighted by atomic mass is 35.5. The van der Waals surface area contributed by atoms with Crippen LogP contribution in [0.2, 0.25) is 10.0 Å². The van der Waals surface area contributed by atoms with Crippen LogP contribution in [0.4, 0.5) is 11.4 Å². The minimum atomic E-state index is -0.661. The van der Waals surface area contributed by atoms with Crippen molar-refractivity contribution in [2.24, 2.45) is 0 Å². The van der Waals surface area contributed by atoms with Crippen molar-refractivity contribution in [2.75, 3.05) is 24.9 Å². The molecule has 0 spiro atoms. The third-order valence-electron chi connectivity index (χ3n) is 7.08. The third-order valence-corrected chi connectivity index (χ3v) is 8.76. The minimum absolute atomic E-state index is 0.0276. The summed E-state index contributed by atoms with van der Waals surface area (Å²) in [6, 6.07) is 35.0. The molecule has 5 aromatic rings. The number of carbonyl (C=O) groups excluding carboxylic acids is 3. The minimum Gasteiger partial charge on any atom is -0.493 e. The number of para-hydroxylation sites is 1. The maximum atomic E-state index is 13.8. The number of hydrogen-bond acceptors (Lipinski definition) is 6. The molecule has 1 unspecified atom stereocenters. The number of ether oxygens (including phenoxy) is 2. The number of benzene rings is 5. The average molecular weight is 713 g/mol. The molecule has 0 saturated carbocycles. The van der Waals surface area contributed by atoms with Crippen LogP contribution in [0.25, 0.3) is 6.08 Å². The van der Waals surface area contributed by atoms with Crippen LogP contribution in [0.15, 0.2) is 132 Å². The van der Waals surface area contributed by atoms with Gasteiger partial charge in [-0.05, 0) is 66.2 Å². The molecule has 0 aliphatic rings. The van der Waals surface area contributed by atoms with Gasteiger partial charge in [-0.25, -0.2) is 0 Å². The van der Waals surface area contributed by atoms with E-state index in [0.29, 0.717) is 48.9 Å². The van der Waals surface area contributed by atoms with Gasteiger partial charge in [-0.15, -0.1) is 11.8 Å². The fourth-order valence-corrected chi connectivity index (χ4v) is 6.45. The SMILES string of the molecule is COc1cccc(/C=C(/NC(=O)c2ccccc2)C(=O)Nc2cccc(SC(C(=O)Nc3cc(Cl)cc(Cl)c3)c3ccccc3)c2)c1OC. The van der Waals surface area contributed by atoms with E-state index in [4.69, 9.17) is 32.7 Å². The van der Waals surface area contributed by atoms with Crippen LogP contribution in [0.5, 0.6) is 11.5 Å². The summed E-state index contributed by atoms with van der Waals surface area (Å²) < 4.78 is 11.0. The van der Waals surface area contributed by atoms with Gasteiger partial charge >= 0.3 is 0 Å². The Bertz CT molecular complexity index is 1970. The monoisotopic (exact) mass is 711 g/mol. The summed E-state index contributed by atoms with van der Waals surface area (Å²) in [5, 5.41) is 8.67. The van der Waals surface area contributed by atoms with E-state index in [1.54, 1.807) is 84.9 Å². The molecule has 0 aliphatic heterocycles. The summed E-state index contributed by atoms with van der Waals surface area (Å²) in [7, 11) is 3.01. The maximum Gasteiger partial charge on any atom is 0.272 e. The van der Waals surface area contributed by atoms with Crippen LogP contribution >= 0.6 is 35.0 Å². The Morgan fingerprint density at radius 3 is 2.06 bits per heavy atom. The fourth-order valence-electron chi connectivity index (χ4n) is 4.84. The number of halogens is 2. The second-order valence-corrected chi connectivity index (χ2v) is 12.6. The number of amides is 3. The molecule has 11 heteroatoms. The van der Waals surface area contributed by atoms with E-state index in [-0.39, 0.29) is 11.6 Å². The molecule has 3 amide bonds. The Balaban J connectivity index is 1.42. The van der Waals surface area contributed by atoms with E-state index in [9.17, 15) is 14.4 Å². The fraction of sp³-hybridized carbons (Fsp3) is 0.0789. The molecule has 49 heavy (non-hydrogen) atoms. The van der Waals surface area contributed by atoms with Gasteiger partial charge in [0.05, 0.1) is 14.2 Å². The largest absolute Gasteiger partial charge is 0.493 e. The molecule has 0 aromatic heterocycles. The van der Waals surface area contributed by atoms with Crippen LogP contribution in [0.1, 0.15) is 26.7 Å². The molecule has 0 aliphatic carbocycles. The Kier molecular flexibility index (Phi) is 12.0. The van der Waals surface area contributed by atoms with Crippen LogP contribution in [0, 0.1) is 0 Å². The number of anilines is 2. The lowest BCUT2D eigenvalue weighted by Crippen LogP contribution is -2.30. The van der Waals surface area contributed by atoms with Crippen LogP contribution < -0.4 is 25.4 Å². The molecule has 8 nitrogen and oxygen atoms in total. The molecule has 0 fully saturated rings. The van der Waals surface area contributed by atoms with Crippen molar-refractivity contribution in [2.45, 2.75) is 10.1 Å². The Hall–Kier alpha value is -5.22.